The topological polar surface area (TPSA) is 69.7 Å². The van der Waals surface area contributed by atoms with Gasteiger partial charge in [-0.15, -0.1) is 0 Å². The minimum absolute atomic E-state index is 0.0966. The molecule has 18 heavy (non-hydrogen) atoms. The number of carbonyl (C=O) groups is 1. The standard InChI is InChI=1S/C11H23N3O3S/c1-4-9-18(16,17)14-7-5-13(6-8-14)11(15)12-10(2)3/h10H,4-9H2,1-3H3,(H,12,15). The highest BCUT2D eigenvalue weighted by Crippen LogP contribution is 2.09. The van der Waals surface area contributed by atoms with E-state index in [9.17, 15) is 13.2 Å². The molecule has 0 atom stereocenters. The van der Waals surface area contributed by atoms with Crippen molar-refractivity contribution in [3.63, 3.8) is 0 Å². The monoisotopic (exact) mass is 277 g/mol. The normalized spacial score (nSPS) is 18.1. The van der Waals surface area contributed by atoms with Gasteiger partial charge >= 0.3 is 6.03 Å². The second-order valence-electron chi connectivity index (χ2n) is 4.81. The van der Waals surface area contributed by atoms with Crippen LogP contribution in [0.2, 0.25) is 0 Å². The second-order valence-corrected chi connectivity index (χ2v) is 6.89. The van der Waals surface area contributed by atoms with Crippen molar-refractivity contribution in [2.24, 2.45) is 0 Å². The quantitative estimate of drug-likeness (QED) is 0.811. The van der Waals surface area contributed by atoms with Crippen molar-refractivity contribution >= 4 is 16.1 Å². The maximum atomic E-state index is 11.8. The molecular formula is C11H23N3O3S. The molecule has 7 heteroatoms. The van der Waals surface area contributed by atoms with Gasteiger partial charge in [-0.3, -0.25) is 0 Å². The van der Waals surface area contributed by atoms with Crippen LogP contribution in [-0.4, -0.2) is 61.6 Å². The molecule has 1 rings (SSSR count). The third kappa shape index (κ3) is 4.13. The molecule has 0 unspecified atom stereocenters. The van der Waals surface area contributed by atoms with Crippen molar-refractivity contribution < 1.29 is 13.2 Å². The number of rotatable bonds is 4. The van der Waals surface area contributed by atoms with E-state index in [1.807, 2.05) is 20.8 Å². The first-order chi connectivity index (χ1) is 8.36. The van der Waals surface area contributed by atoms with Crippen LogP contribution in [0.15, 0.2) is 0 Å². The van der Waals surface area contributed by atoms with Gasteiger partial charge in [-0.2, -0.15) is 4.31 Å². The van der Waals surface area contributed by atoms with Gasteiger partial charge in [0.05, 0.1) is 5.75 Å². The number of urea groups is 1. The molecule has 1 aliphatic rings. The van der Waals surface area contributed by atoms with E-state index >= 15 is 0 Å². The summed E-state index contributed by atoms with van der Waals surface area (Å²) in [5, 5.41) is 2.81. The molecule has 106 valence electrons. The van der Waals surface area contributed by atoms with Crippen LogP contribution >= 0.6 is 0 Å². The molecule has 1 heterocycles. The van der Waals surface area contributed by atoms with E-state index in [2.05, 4.69) is 5.32 Å². The second kappa shape index (κ2) is 6.38. The number of hydrogen-bond acceptors (Lipinski definition) is 3. The predicted molar refractivity (Wildman–Crippen MR) is 70.9 cm³/mol. The number of amides is 2. The summed E-state index contributed by atoms with van der Waals surface area (Å²) in [5.74, 6) is 0.186. The Bertz CT molecular complexity index is 373. The SMILES string of the molecule is CCCS(=O)(=O)N1CCN(C(=O)NC(C)C)CC1. The number of carbonyl (C=O) groups excluding carboxylic acids is 1. The van der Waals surface area contributed by atoms with Crippen LogP contribution < -0.4 is 5.32 Å². The van der Waals surface area contributed by atoms with E-state index in [1.54, 1.807) is 4.90 Å². The van der Waals surface area contributed by atoms with Gasteiger partial charge in [0.2, 0.25) is 10.0 Å². The maximum absolute atomic E-state index is 11.8. The van der Waals surface area contributed by atoms with Crippen molar-refractivity contribution in [3.8, 4) is 0 Å². The first kappa shape index (κ1) is 15.2. The first-order valence-corrected chi connectivity index (χ1v) is 8.01. The Kier molecular flexibility index (Phi) is 5.40. The Morgan fingerprint density at radius 2 is 1.78 bits per heavy atom. The van der Waals surface area contributed by atoms with Crippen LogP contribution in [0.1, 0.15) is 27.2 Å². The van der Waals surface area contributed by atoms with E-state index in [1.165, 1.54) is 4.31 Å². The van der Waals surface area contributed by atoms with E-state index < -0.39 is 10.0 Å². The Hall–Kier alpha value is -0.820. The number of sulfonamides is 1. The molecule has 0 aromatic heterocycles. The van der Waals surface area contributed by atoms with E-state index in [-0.39, 0.29) is 17.8 Å². The van der Waals surface area contributed by atoms with Gasteiger partial charge < -0.3 is 10.2 Å². The fourth-order valence-corrected chi connectivity index (χ4v) is 3.39. The van der Waals surface area contributed by atoms with Crippen molar-refractivity contribution in [1.29, 1.82) is 0 Å². The van der Waals surface area contributed by atoms with Crippen molar-refractivity contribution in [2.75, 3.05) is 31.9 Å². The van der Waals surface area contributed by atoms with Gasteiger partial charge in [-0.1, -0.05) is 6.92 Å². The van der Waals surface area contributed by atoms with Crippen molar-refractivity contribution in [1.82, 2.24) is 14.5 Å². The third-order valence-electron chi connectivity index (χ3n) is 2.79. The van der Waals surface area contributed by atoms with Gasteiger partial charge in [-0.25, -0.2) is 13.2 Å². The minimum atomic E-state index is -3.13. The first-order valence-electron chi connectivity index (χ1n) is 6.40. The van der Waals surface area contributed by atoms with Crippen LogP contribution in [0.5, 0.6) is 0 Å². The third-order valence-corrected chi connectivity index (χ3v) is 4.87. The highest BCUT2D eigenvalue weighted by Gasteiger charge is 2.28. The summed E-state index contributed by atoms with van der Waals surface area (Å²) in [5.41, 5.74) is 0. The number of nitrogens with one attached hydrogen (secondary N) is 1. The van der Waals surface area contributed by atoms with Crippen molar-refractivity contribution in [3.05, 3.63) is 0 Å². The summed E-state index contributed by atoms with van der Waals surface area (Å²) in [6, 6.07) is -0.0168. The molecule has 0 bridgehead atoms. The highest BCUT2D eigenvalue weighted by atomic mass is 32.2. The molecule has 2 amide bonds. The molecule has 1 N–H and O–H groups in total. The molecule has 0 aromatic rings. The Morgan fingerprint density at radius 1 is 1.22 bits per heavy atom. The Balaban J connectivity index is 2.48. The number of nitrogens with zero attached hydrogens (tertiary/aromatic N) is 2. The smallest absolute Gasteiger partial charge is 0.317 e. The highest BCUT2D eigenvalue weighted by molar-refractivity contribution is 7.89. The van der Waals surface area contributed by atoms with Crippen LogP contribution in [0.3, 0.4) is 0 Å². The lowest BCUT2D eigenvalue weighted by Crippen LogP contribution is -2.54. The largest absolute Gasteiger partial charge is 0.336 e. The molecule has 0 spiro atoms. The number of piperazine rings is 1. The molecule has 0 radical (unpaired) electrons. The Morgan fingerprint density at radius 3 is 2.22 bits per heavy atom. The average Bonchev–Trinajstić information content (AvgIpc) is 2.28. The fraction of sp³-hybridized carbons (Fsp3) is 0.909. The van der Waals surface area contributed by atoms with Crippen LogP contribution in [0.25, 0.3) is 0 Å². The van der Waals surface area contributed by atoms with Gasteiger partial charge in [0.25, 0.3) is 0 Å². The summed E-state index contributed by atoms with van der Waals surface area (Å²) in [4.78, 5) is 13.4. The van der Waals surface area contributed by atoms with E-state index in [4.69, 9.17) is 0 Å². The maximum Gasteiger partial charge on any atom is 0.317 e. The predicted octanol–water partition coefficient (Wildman–Crippen LogP) is 0.462. The number of hydrogen-bond donors (Lipinski definition) is 1. The fourth-order valence-electron chi connectivity index (χ4n) is 1.89. The zero-order chi connectivity index (χ0) is 13.8. The molecule has 1 fully saturated rings. The molecule has 6 nitrogen and oxygen atoms in total. The van der Waals surface area contributed by atoms with E-state index in [0.717, 1.165) is 0 Å². The van der Waals surface area contributed by atoms with Gasteiger partial charge in [0.1, 0.15) is 0 Å². The lowest BCUT2D eigenvalue weighted by atomic mass is 10.3. The summed E-state index contributed by atoms with van der Waals surface area (Å²) in [6.45, 7) is 7.37. The average molecular weight is 277 g/mol. The van der Waals surface area contributed by atoms with Gasteiger partial charge in [0.15, 0.2) is 0 Å². The summed E-state index contributed by atoms with van der Waals surface area (Å²) < 4.78 is 25.2. The Labute approximate surface area is 109 Å². The summed E-state index contributed by atoms with van der Waals surface area (Å²) in [6.07, 6.45) is 0.621. The van der Waals surface area contributed by atoms with Gasteiger partial charge in [0, 0.05) is 32.2 Å². The summed E-state index contributed by atoms with van der Waals surface area (Å²) >= 11 is 0. The zero-order valence-electron chi connectivity index (χ0n) is 11.3. The lowest BCUT2D eigenvalue weighted by Gasteiger charge is -2.34. The van der Waals surface area contributed by atoms with Crippen LogP contribution in [-0.2, 0) is 10.0 Å². The summed E-state index contributed by atoms with van der Waals surface area (Å²) in [7, 11) is -3.13. The van der Waals surface area contributed by atoms with Crippen LogP contribution in [0, 0.1) is 0 Å². The lowest BCUT2D eigenvalue weighted by molar-refractivity contribution is 0.170. The molecule has 0 saturated carbocycles. The molecule has 0 aliphatic carbocycles. The van der Waals surface area contributed by atoms with E-state index in [0.29, 0.717) is 32.6 Å². The zero-order valence-corrected chi connectivity index (χ0v) is 12.2. The van der Waals surface area contributed by atoms with Gasteiger partial charge in [-0.05, 0) is 20.3 Å². The molecule has 0 aromatic carbocycles. The minimum Gasteiger partial charge on any atom is -0.336 e. The van der Waals surface area contributed by atoms with Crippen LogP contribution in [0.4, 0.5) is 4.79 Å². The molecule has 1 aliphatic heterocycles. The molecular weight excluding hydrogens is 254 g/mol. The molecule has 1 saturated heterocycles. The van der Waals surface area contributed by atoms with Crippen molar-refractivity contribution in [2.45, 2.75) is 33.2 Å².